The molecule has 1 unspecified atom stereocenters. The maximum atomic E-state index is 13.1. The summed E-state index contributed by atoms with van der Waals surface area (Å²) in [7, 11) is 1.61. The first-order chi connectivity index (χ1) is 15.5. The second kappa shape index (κ2) is 9.05. The largest absolute Gasteiger partial charge is 0.497 e. The van der Waals surface area contributed by atoms with Gasteiger partial charge in [-0.2, -0.15) is 0 Å². The SMILES string of the molecule is COc1ccc2c(c1)CN(C(=O)c1ccc(NC(C)c3ccccn3)c([N+](=O)[O-])c1)CC2. The molecule has 8 heteroatoms. The van der Waals surface area contributed by atoms with E-state index in [9.17, 15) is 14.9 Å². The normalized spacial score (nSPS) is 13.8. The lowest BCUT2D eigenvalue weighted by atomic mass is 9.98. The highest BCUT2D eigenvalue weighted by atomic mass is 16.6. The van der Waals surface area contributed by atoms with Crippen molar-refractivity contribution >= 4 is 17.3 Å². The summed E-state index contributed by atoms with van der Waals surface area (Å²) in [6.45, 7) is 2.88. The summed E-state index contributed by atoms with van der Waals surface area (Å²) in [6.07, 6.45) is 2.41. The molecule has 1 aliphatic heterocycles. The molecule has 1 amide bonds. The minimum atomic E-state index is -0.472. The monoisotopic (exact) mass is 432 g/mol. The van der Waals surface area contributed by atoms with Gasteiger partial charge in [-0.1, -0.05) is 12.1 Å². The topological polar surface area (TPSA) is 97.6 Å². The molecule has 0 spiro atoms. The molecular formula is C24H24N4O4. The minimum absolute atomic E-state index is 0.141. The average molecular weight is 432 g/mol. The number of aromatic nitrogens is 1. The highest BCUT2D eigenvalue weighted by Gasteiger charge is 2.25. The average Bonchev–Trinajstić information content (AvgIpc) is 2.83. The smallest absolute Gasteiger partial charge is 0.293 e. The van der Waals surface area contributed by atoms with Gasteiger partial charge in [-0.3, -0.25) is 19.9 Å². The number of fused-ring (bicyclic) bond motifs is 1. The summed E-state index contributed by atoms with van der Waals surface area (Å²) in [5, 5.41) is 14.9. The van der Waals surface area contributed by atoms with E-state index < -0.39 is 4.92 Å². The fourth-order valence-corrected chi connectivity index (χ4v) is 3.89. The van der Waals surface area contributed by atoms with Crippen LogP contribution in [0, 0.1) is 10.1 Å². The van der Waals surface area contributed by atoms with Crippen molar-refractivity contribution in [2.45, 2.75) is 25.9 Å². The molecule has 8 nitrogen and oxygen atoms in total. The van der Waals surface area contributed by atoms with Crippen LogP contribution in [0.3, 0.4) is 0 Å². The number of benzene rings is 2. The molecular weight excluding hydrogens is 408 g/mol. The van der Waals surface area contributed by atoms with Gasteiger partial charge >= 0.3 is 0 Å². The number of ether oxygens (including phenoxy) is 1. The predicted molar refractivity (Wildman–Crippen MR) is 121 cm³/mol. The highest BCUT2D eigenvalue weighted by molar-refractivity contribution is 5.96. The summed E-state index contributed by atoms with van der Waals surface area (Å²) >= 11 is 0. The molecule has 1 N–H and O–H groups in total. The van der Waals surface area contributed by atoms with Crippen LogP contribution in [-0.2, 0) is 13.0 Å². The summed E-state index contributed by atoms with van der Waals surface area (Å²) < 4.78 is 5.29. The van der Waals surface area contributed by atoms with Crippen molar-refractivity contribution in [2.75, 3.05) is 19.0 Å². The number of nitrogens with zero attached hydrogens (tertiary/aromatic N) is 3. The molecule has 0 aliphatic carbocycles. The molecule has 4 rings (SSSR count). The van der Waals surface area contributed by atoms with E-state index >= 15 is 0 Å². The van der Waals surface area contributed by atoms with Crippen molar-refractivity contribution in [1.82, 2.24) is 9.88 Å². The lowest BCUT2D eigenvalue weighted by molar-refractivity contribution is -0.384. The standard InChI is InChI=1S/C24H24N4O4/c1-16(21-5-3-4-11-25-21)26-22-9-7-18(14-23(22)28(30)31)24(29)27-12-10-17-6-8-20(32-2)13-19(17)15-27/h3-9,11,13-14,16,26H,10,12,15H2,1-2H3. The Morgan fingerprint density at radius 1 is 1.19 bits per heavy atom. The van der Waals surface area contributed by atoms with Crippen LogP contribution in [0.1, 0.15) is 40.1 Å². The number of rotatable bonds is 6. The van der Waals surface area contributed by atoms with Crippen molar-refractivity contribution in [3.63, 3.8) is 0 Å². The Morgan fingerprint density at radius 2 is 2.03 bits per heavy atom. The lowest BCUT2D eigenvalue weighted by Crippen LogP contribution is -2.36. The van der Waals surface area contributed by atoms with Crippen molar-refractivity contribution < 1.29 is 14.5 Å². The Labute approximate surface area is 186 Å². The zero-order valence-corrected chi connectivity index (χ0v) is 17.9. The number of carbonyl (C=O) groups excluding carboxylic acids is 1. The van der Waals surface area contributed by atoms with Crippen LogP contribution in [0.15, 0.2) is 60.8 Å². The minimum Gasteiger partial charge on any atom is -0.497 e. The molecule has 1 aliphatic rings. The van der Waals surface area contributed by atoms with E-state index in [2.05, 4.69) is 10.3 Å². The third-order valence-corrected chi connectivity index (χ3v) is 5.66. The fourth-order valence-electron chi connectivity index (χ4n) is 3.89. The quantitative estimate of drug-likeness (QED) is 0.459. The van der Waals surface area contributed by atoms with Gasteiger partial charge in [-0.25, -0.2) is 0 Å². The van der Waals surface area contributed by atoms with Gasteiger partial charge < -0.3 is 15.0 Å². The summed E-state index contributed by atoms with van der Waals surface area (Å²) in [5.41, 5.74) is 3.48. The van der Waals surface area contributed by atoms with E-state index in [1.807, 2.05) is 43.3 Å². The van der Waals surface area contributed by atoms with E-state index in [0.717, 1.165) is 23.4 Å². The Kier molecular flexibility index (Phi) is 6.02. The van der Waals surface area contributed by atoms with Gasteiger partial charge in [-0.15, -0.1) is 0 Å². The summed E-state index contributed by atoms with van der Waals surface area (Å²) in [4.78, 5) is 30.4. The van der Waals surface area contributed by atoms with Crippen molar-refractivity contribution in [1.29, 1.82) is 0 Å². The molecule has 2 aromatic carbocycles. The molecule has 1 aromatic heterocycles. The molecule has 1 atom stereocenters. The first-order valence-electron chi connectivity index (χ1n) is 10.4. The van der Waals surface area contributed by atoms with Gasteiger partial charge in [0.15, 0.2) is 0 Å². The molecule has 0 saturated carbocycles. The van der Waals surface area contributed by atoms with Gasteiger partial charge in [0.25, 0.3) is 11.6 Å². The zero-order valence-electron chi connectivity index (χ0n) is 17.9. The van der Waals surface area contributed by atoms with E-state index in [-0.39, 0.29) is 17.6 Å². The van der Waals surface area contributed by atoms with Gasteiger partial charge in [0.2, 0.25) is 0 Å². The molecule has 0 fully saturated rings. The maximum Gasteiger partial charge on any atom is 0.293 e. The Bertz CT molecular complexity index is 1150. The van der Waals surface area contributed by atoms with E-state index in [1.54, 1.807) is 30.3 Å². The number of amides is 1. The van der Waals surface area contributed by atoms with Crippen LogP contribution in [0.2, 0.25) is 0 Å². The van der Waals surface area contributed by atoms with Crippen LogP contribution >= 0.6 is 0 Å². The molecule has 3 aromatic rings. The Morgan fingerprint density at radius 3 is 2.75 bits per heavy atom. The molecule has 0 bridgehead atoms. The van der Waals surface area contributed by atoms with Crippen LogP contribution in [0.25, 0.3) is 0 Å². The molecule has 0 radical (unpaired) electrons. The Hall–Kier alpha value is -3.94. The summed E-state index contributed by atoms with van der Waals surface area (Å²) in [6, 6.07) is 15.7. The van der Waals surface area contributed by atoms with Crippen LogP contribution in [-0.4, -0.2) is 34.4 Å². The first kappa shape index (κ1) is 21.3. The number of pyridine rings is 1. The number of hydrogen-bond acceptors (Lipinski definition) is 6. The molecule has 164 valence electrons. The molecule has 2 heterocycles. The number of hydrogen-bond donors (Lipinski definition) is 1. The summed E-state index contributed by atoms with van der Waals surface area (Å²) in [5.74, 6) is 0.511. The van der Waals surface area contributed by atoms with Crippen molar-refractivity contribution in [2.24, 2.45) is 0 Å². The van der Waals surface area contributed by atoms with E-state index in [0.29, 0.717) is 24.3 Å². The van der Waals surface area contributed by atoms with E-state index in [1.165, 1.54) is 11.6 Å². The van der Waals surface area contributed by atoms with Crippen LogP contribution < -0.4 is 10.1 Å². The number of nitro groups is 1. The first-order valence-corrected chi connectivity index (χ1v) is 10.4. The van der Waals surface area contributed by atoms with Gasteiger partial charge in [0, 0.05) is 30.9 Å². The van der Waals surface area contributed by atoms with Crippen molar-refractivity contribution in [3.05, 3.63) is 93.3 Å². The predicted octanol–water partition coefficient (Wildman–Crippen LogP) is 4.37. The number of anilines is 1. The maximum absolute atomic E-state index is 13.1. The van der Waals surface area contributed by atoms with Gasteiger partial charge in [0.05, 0.1) is 23.8 Å². The fraction of sp³-hybridized carbons (Fsp3) is 0.250. The van der Waals surface area contributed by atoms with Gasteiger partial charge in [0.1, 0.15) is 11.4 Å². The third kappa shape index (κ3) is 4.39. The van der Waals surface area contributed by atoms with Crippen molar-refractivity contribution in [3.8, 4) is 5.75 Å². The van der Waals surface area contributed by atoms with E-state index in [4.69, 9.17) is 4.74 Å². The number of methoxy groups -OCH3 is 1. The Balaban J connectivity index is 1.55. The third-order valence-electron chi connectivity index (χ3n) is 5.66. The zero-order chi connectivity index (χ0) is 22.7. The number of nitrogens with one attached hydrogen (secondary N) is 1. The lowest BCUT2D eigenvalue weighted by Gasteiger charge is -2.29. The number of carbonyl (C=O) groups is 1. The second-order valence-electron chi connectivity index (χ2n) is 7.72. The van der Waals surface area contributed by atoms with Crippen LogP contribution in [0.5, 0.6) is 5.75 Å². The van der Waals surface area contributed by atoms with Crippen LogP contribution in [0.4, 0.5) is 11.4 Å². The second-order valence-corrected chi connectivity index (χ2v) is 7.72. The molecule has 0 saturated heterocycles. The molecule has 32 heavy (non-hydrogen) atoms. The highest BCUT2D eigenvalue weighted by Crippen LogP contribution is 2.30. The van der Waals surface area contributed by atoms with Gasteiger partial charge in [-0.05, 0) is 60.9 Å². The number of nitro benzene ring substituents is 1.